The zero-order valence-corrected chi connectivity index (χ0v) is 25.0. The van der Waals surface area contributed by atoms with Crippen LogP contribution in [-0.2, 0) is 28.7 Å². The lowest BCUT2D eigenvalue weighted by Gasteiger charge is -2.28. The summed E-state index contributed by atoms with van der Waals surface area (Å²) in [4.78, 5) is 75.2. The number of ether oxygens (including phenoxy) is 6. The molecule has 0 aliphatic heterocycles. The lowest BCUT2D eigenvalue weighted by molar-refractivity contribution is -0.159. The van der Waals surface area contributed by atoms with Crippen LogP contribution in [0.4, 0.5) is 0 Å². The third kappa shape index (κ3) is 7.88. The number of fused-ring (bicyclic) bond motifs is 2. The van der Waals surface area contributed by atoms with E-state index in [-0.39, 0.29) is 46.1 Å². The van der Waals surface area contributed by atoms with Crippen LogP contribution in [0.1, 0.15) is 60.2 Å². The van der Waals surface area contributed by atoms with Gasteiger partial charge in [-0.05, 0) is 67.5 Å². The molecular weight excluding hydrogens is 594 g/mol. The minimum atomic E-state index is -2.26. The Hall–Kier alpha value is -5.14. The van der Waals surface area contributed by atoms with E-state index in [9.17, 15) is 33.9 Å². The molecule has 2 aromatic carbocycles. The maximum Gasteiger partial charge on any atom is 0.349 e. The molecule has 0 radical (unpaired) electrons. The van der Waals surface area contributed by atoms with Gasteiger partial charge in [-0.15, -0.1) is 0 Å². The van der Waals surface area contributed by atoms with Gasteiger partial charge in [0.25, 0.3) is 5.91 Å². The molecule has 0 heterocycles. The molecule has 240 valence electrons. The fourth-order valence-corrected chi connectivity index (χ4v) is 5.62. The molecule has 14 nitrogen and oxygen atoms in total. The first kappa shape index (κ1) is 32.8. The number of carboxylic acid groups (broad SMARTS) is 1. The molecule has 2 aliphatic rings. The normalized spacial score (nSPS) is 19.4. The van der Waals surface area contributed by atoms with E-state index in [1.165, 1.54) is 58.4 Å². The number of benzene rings is 2. The Morgan fingerprint density at radius 1 is 0.733 bits per heavy atom. The van der Waals surface area contributed by atoms with Crippen molar-refractivity contribution in [2.24, 2.45) is 11.8 Å². The Morgan fingerprint density at radius 3 is 1.64 bits per heavy atom. The highest BCUT2D eigenvalue weighted by Gasteiger charge is 2.45. The average Bonchev–Trinajstić information content (AvgIpc) is 3.62. The standard InChI is InChI=1S/C31H33NO13/c1-15(33)42-22-9-7-19(13-24(22)40-3)30(38)44-26(28(35)32-21-12-17-5-6-18(21)11-17)27(29(36)37)45-31(39)20-8-10-23(43-16(2)34)25(14-20)41-4/h7-10,13-14,17-18,21,26-27H,5-6,11-12H2,1-4H3,(H,32,35)(H,36,37)/t17-,18-,21-,26-,27-/m0/s1. The minimum absolute atomic E-state index is 0.00327. The molecular formula is C31H33NO13. The predicted octanol–water partition coefficient (Wildman–Crippen LogP) is 2.69. The molecule has 2 aliphatic carbocycles. The molecule has 0 spiro atoms. The molecule has 1 amide bonds. The molecule has 0 aromatic heterocycles. The summed E-state index contributed by atoms with van der Waals surface area (Å²) in [6.45, 7) is 2.35. The lowest BCUT2D eigenvalue weighted by Crippen LogP contribution is -2.53. The number of carbonyl (C=O) groups is 6. The first-order valence-electron chi connectivity index (χ1n) is 14.1. The van der Waals surface area contributed by atoms with Gasteiger partial charge in [-0.25, -0.2) is 14.4 Å². The van der Waals surface area contributed by atoms with Gasteiger partial charge in [0.15, 0.2) is 23.0 Å². The number of aliphatic carboxylic acids is 1. The number of carboxylic acids is 1. The fourth-order valence-electron chi connectivity index (χ4n) is 5.62. The summed E-state index contributed by atoms with van der Waals surface area (Å²) in [6.07, 6.45) is -0.808. The summed E-state index contributed by atoms with van der Waals surface area (Å²) in [6, 6.07) is 7.03. The smallest absolute Gasteiger partial charge is 0.349 e. The third-order valence-electron chi connectivity index (χ3n) is 7.62. The van der Waals surface area contributed by atoms with Crippen LogP contribution in [0, 0.1) is 11.8 Å². The maximum absolute atomic E-state index is 13.6. The van der Waals surface area contributed by atoms with Gasteiger partial charge in [0.1, 0.15) is 0 Å². The molecule has 14 heteroatoms. The molecule has 0 saturated heterocycles. The zero-order chi connectivity index (χ0) is 32.8. The van der Waals surface area contributed by atoms with Crippen LogP contribution in [-0.4, -0.2) is 73.3 Å². The van der Waals surface area contributed by atoms with Gasteiger partial charge >= 0.3 is 29.8 Å². The number of nitrogens with one attached hydrogen (secondary N) is 1. The number of hydrogen-bond donors (Lipinski definition) is 2. The number of methoxy groups -OCH3 is 2. The van der Waals surface area contributed by atoms with Crippen LogP contribution in [0.2, 0.25) is 0 Å². The monoisotopic (exact) mass is 627 g/mol. The second-order valence-corrected chi connectivity index (χ2v) is 10.7. The molecule has 0 unspecified atom stereocenters. The predicted molar refractivity (Wildman–Crippen MR) is 152 cm³/mol. The van der Waals surface area contributed by atoms with E-state index in [1.54, 1.807) is 0 Å². The Morgan fingerprint density at radius 2 is 1.24 bits per heavy atom. The first-order valence-corrected chi connectivity index (χ1v) is 14.1. The summed E-state index contributed by atoms with van der Waals surface area (Å²) >= 11 is 0. The highest BCUT2D eigenvalue weighted by molar-refractivity contribution is 5.97. The van der Waals surface area contributed by atoms with E-state index in [1.807, 2.05) is 0 Å². The summed E-state index contributed by atoms with van der Waals surface area (Å²) < 4.78 is 31.1. The van der Waals surface area contributed by atoms with Crippen molar-refractivity contribution in [3.63, 3.8) is 0 Å². The second kappa shape index (κ2) is 14.1. The van der Waals surface area contributed by atoms with E-state index < -0.39 is 48.0 Å². The zero-order valence-electron chi connectivity index (χ0n) is 25.0. The van der Waals surface area contributed by atoms with Crippen molar-refractivity contribution in [1.82, 2.24) is 5.32 Å². The van der Waals surface area contributed by atoms with Crippen molar-refractivity contribution in [1.29, 1.82) is 0 Å². The van der Waals surface area contributed by atoms with Gasteiger partial charge in [-0.2, -0.15) is 0 Å². The van der Waals surface area contributed by atoms with E-state index in [0.29, 0.717) is 12.3 Å². The topological polar surface area (TPSA) is 190 Å². The molecule has 2 fully saturated rings. The van der Waals surface area contributed by atoms with Crippen molar-refractivity contribution >= 4 is 35.8 Å². The quantitative estimate of drug-likeness (QED) is 0.258. The van der Waals surface area contributed by atoms with E-state index >= 15 is 0 Å². The van der Waals surface area contributed by atoms with Crippen molar-refractivity contribution in [2.75, 3.05) is 14.2 Å². The number of amides is 1. The molecule has 2 aromatic rings. The number of hydrogen-bond acceptors (Lipinski definition) is 12. The van der Waals surface area contributed by atoms with Crippen LogP contribution in [0.5, 0.6) is 23.0 Å². The van der Waals surface area contributed by atoms with Gasteiger partial charge < -0.3 is 38.8 Å². The van der Waals surface area contributed by atoms with Crippen molar-refractivity contribution in [2.45, 2.75) is 57.8 Å². The van der Waals surface area contributed by atoms with Gasteiger partial charge in [0.05, 0.1) is 25.3 Å². The third-order valence-corrected chi connectivity index (χ3v) is 7.62. The highest BCUT2D eigenvalue weighted by Crippen LogP contribution is 2.44. The molecule has 2 N–H and O–H groups in total. The molecule has 4 rings (SSSR count). The Bertz CT molecular complexity index is 1500. The van der Waals surface area contributed by atoms with Crippen LogP contribution in [0.3, 0.4) is 0 Å². The van der Waals surface area contributed by atoms with Crippen molar-refractivity contribution < 1.29 is 62.3 Å². The number of rotatable bonds is 12. The van der Waals surface area contributed by atoms with Crippen LogP contribution in [0.25, 0.3) is 0 Å². The molecule has 5 atom stereocenters. The van der Waals surface area contributed by atoms with E-state index in [4.69, 9.17) is 28.4 Å². The molecule has 45 heavy (non-hydrogen) atoms. The van der Waals surface area contributed by atoms with Gasteiger partial charge in [0.2, 0.25) is 12.2 Å². The lowest BCUT2D eigenvalue weighted by atomic mass is 9.95. The number of esters is 4. The minimum Gasteiger partial charge on any atom is -0.493 e. The Balaban J connectivity index is 1.61. The highest BCUT2D eigenvalue weighted by atomic mass is 16.6. The molecule has 2 saturated carbocycles. The SMILES string of the molecule is COc1cc(C(=O)O[C@H](C(=O)O)[C@H](OC(=O)c2ccc(OC(C)=O)c(OC)c2)C(=O)N[C@H]2C[C@H]3CC[C@H]2C3)ccc1OC(C)=O. The second-order valence-electron chi connectivity index (χ2n) is 10.7. The average molecular weight is 628 g/mol. The van der Waals surface area contributed by atoms with Gasteiger partial charge in [-0.3, -0.25) is 14.4 Å². The summed E-state index contributed by atoms with van der Waals surface area (Å²) in [7, 11) is 2.54. The van der Waals surface area contributed by atoms with Crippen molar-refractivity contribution in [3.05, 3.63) is 47.5 Å². The fraction of sp³-hybridized carbons (Fsp3) is 0.419. The summed E-state index contributed by atoms with van der Waals surface area (Å²) in [5.41, 5.74) is -0.361. The van der Waals surface area contributed by atoms with E-state index in [0.717, 1.165) is 25.3 Å². The van der Waals surface area contributed by atoms with Crippen LogP contribution >= 0.6 is 0 Å². The Kier molecular flexibility index (Phi) is 10.3. The Labute approximate surface area is 257 Å². The van der Waals surface area contributed by atoms with Gasteiger partial charge in [0, 0.05) is 19.9 Å². The maximum atomic E-state index is 13.6. The van der Waals surface area contributed by atoms with E-state index in [2.05, 4.69) is 5.32 Å². The summed E-state index contributed by atoms with van der Waals surface area (Å²) in [5.74, 6) is -5.67. The molecule has 2 bridgehead atoms. The van der Waals surface area contributed by atoms with Gasteiger partial charge in [-0.1, -0.05) is 6.42 Å². The number of carbonyl (C=O) groups excluding carboxylic acids is 5. The van der Waals surface area contributed by atoms with Crippen LogP contribution in [0.15, 0.2) is 36.4 Å². The van der Waals surface area contributed by atoms with Crippen molar-refractivity contribution in [3.8, 4) is 23.0 Å². The largest absolute Gasteiger partial charge is 0.493 e. The van der Waals surface area contributed by atoms with Crippen LogP contribution < -0.4 is 24.3 Å². The first-order chi connectivity index (χ1) is 21.4. The summed E-state index contributed by atoms with van der Waals surface area (Å²) in [5, 5.41) is 12.9.